The molecule has 1 aromatic carbocycles. The van der Waals surface area contributed by atoms with E-state index in [1.54, 1.807) is 6.07 Å². The number of esters is 1. The molecule has 2 atom stereocenters. The van der Waals surface area contributed by atoms with Crippen LogP contribution in [0.1, 0.15) is 41.6 Å². The molecule has 1 fully saturated rings. The van der Waals surface area contributed by atoms with E-state index in [4.69, 9.17) is 14.3 Å². The van der Waals surface area contributed by atoms with E-state index in [1.807, 2.05) is 25.1 Å². The first kappa shape index (κ1) is 14.1. The lowest BCUT2D eigenvalue weighted by atomic mass is 9.97. The molecule has 5 heteroatoms. The van der Waals surface area contributed by atoms with Gasteiger partial charge >= 0.3 is 5.97 Å². The van der Waals surface area contributed by atoms with Gasteiger partial charge in [0.25, 0.3) is 0 Å². The number of nitrogens with zero attached hydrogens (tertiary/aromatic N) is 1. The Labute approximate surface area is 123 Å². The van der Waals surface area contributed by atoms with Gasteiger partial charge in [-0.25, -0.2) is 4.79 Å². The average Bonchev–Trinajstić information content (AvgIpc) is 3.16. The predicted octanol–water partition coefficient (Wildman–Crippen LogP) is 2.51. The van der Waals surface area contributed by atoms with Crippen molar-refractivity contribution in [2.75, 3.05) is 19.8 Å². The van der Waals surface area contributed by atoms with E-state index in [9.17, 15) is 4.79 Å². The third-order valence-electron chi connectivity index (χ3n) is 3.80. The van der Waals surface area contributed by atoms with E-state index in [0.29, 0.717) is 17.9 Å². The smallest absolute Gasteiger partial charge is 0.338 e. The minimum atomic E-state index is -0.316. The second kappa shape index (κ2) is 6.26. The van der Waals surface area contributed by atoms with E-state index < -0.39 is 0 Å². The molecule has 0 saturated carbocycles. The van der Waals surface area contributed by atoms with Gasteiger partial charge in [-0.15, -0.1) is 0 Å². The maximum atomic E-state index is 12.1. The first-order chi connectivity index (χ1) is 10.2. The van der Waals surface area contributed by atoms with Crippen LogP contribution in [0.2, 0.25) is 0 Å². The standard InChI is InChI=1S/C16H19NO4/c1-11-7-15(21-17-11)10-20-16(18)13-4-2-3-12(8-13)14-5-6-19-9-14/h2-4,8,14-15H,5-7,9-10H2,1H3. The molecule has 1 aromatic rings. The molecule has 0 aromatic heterocycles. The van der Waals surface area contributed by atoms with Gasteiger partial charge in [0.15, 0.2) is 6.10 Å². The van der Waals surface area contributed by atoms with Crippen molar-refractivity contribution < 1.29 is 19.1 Å². The molecule has 0 N–H and O–H groups in total. The van der Waals surface area contributed by atoms with E-state index >= 15 is 0 Å². The number of benzene rings is 1. The van der Waals surface area contributed by atoms with Crippen LogP contribution in [0.15, 0.2) is 29.4 Å². The van der Waals surface area contributed by atoms with Gasteiger partial charge in [-0.2, -0.15) is 0 Å². The monoisotopic (exact) mass is 289 g/mol. The first-order valence-electron chi connectivity index (χ1n) is 7.26. The molecule has 3 rings (SSSR count). The summed E-state index contributed by atoms with van der Waals surface area (Å²) in [7, 11) is 0. The zero-order chi connectivity index (χ0) is 14.7. The summed E-state index contributed by atoms with van der Waals surface area (Å²) in [5.74, 6) is 0.0656. The third-order valence-corrected chi connectivity index (χ3v) is 3.80. The number of carbonyl (C=O) groups excluding carboxylic acids is 1. The average molecular weight is 289 g/mol. The maximum Gasteiger partial charge on any atom is 0.338 e. The largest absolute Gasteiger partial charge is 0.458 e. The van der Waals surface area contributed by atoms with Crippen LogP contribution in [0.3, 0.4) is 0 Å². The van der Waals surface area contributed by atoms with Crippen molar-refractivity contribution >= 4 is 11.7 Å². The Balaban J connectivity index is 1.58. The van der Waals surface area contributed by atoms with Crippen molar-refractivity contribution in [1.29, 1.82) is 0 Å². The zero-order valence-electron chi connectivity index (χ0n) is 12.1. The molecule has 0 spiro atoms. The molecular formula is C16H19NO4. The van der Waals surface area contributed by atoms with Gasteiger partial charge in [0, 0.05) is 18.9 Å². The Morgan fingerprint density at radius 2 is 2.38 bits per heavy atom. The normalized spacial score (nSPS) is 24.5. The van der Waals surface area contributed by atoms with Gasteiger partial charge in [0.05, 0.1) is 17.9 Å². The molecule has 2 heterocycles. The Morgan fingerprint density at radius 3 is 3.10 bits per heavy atom. The molecule has 0 radical (unpaired) electrons. The Kier molecular flexibility index (Phi) is 4.20. The highest BCUT2D eigenvalue weighted by atomic mass is 16.7. The molecular weight excluding hydrogens is 270 g/mol. The molecule has 0 bridgehead atoms. The van der Waals surface area contributed by atoms with Crippen LogP contribution in [-0.4, -0.2) is 37.6 Å². The van der Waals surface area contributed by atoms with Gasteiger partial charge in [-0.1, -0.05) is 17.3 Å². The lowest BCUT2D eigenvalue weighted by Crippen LogP contribution is -2.19. The summed E-state index contributed by atoms with van der Waals surface area (Å²) >= 11 is 0. The molecule has 2 aliphatic rings. The van der Waals surface area contributed by atoms with Crippen molar-refractivity contribution in [2.45, 2.75) is 31.8 Å². The van der Waals surface area contributed by atoms with Gasteiger partial charge in [-0.3, -0.25) is 0 Å². The molecule has 5 nitrogen and oxygen atoms in total. The van der Waals surface area contributed by atoms with Crippen LogP contribution in [0.5, 0.6) is 0 Å². The molecule has 1 saturated heterocycles. The topological polar surface area (TPSA) is 57.1 Å². The van der Waals surface area contributed by atoms with Gasteiger partial charge in [0.1, 0.15) is 6.61 Å². The van der Waals surface area contributed by atoms with Crippen molar-refractivity contribution in [2.24, 2.45) is 5.16 Å². The molecule has 0 aliphatic carbocycles. The van der Waals surface area contributed by atoms with E-state index in [-0.39, 0.29) is 18.7 Å². The Bertz CT molecular complexity index is 549. The molecule has 112 valence electrons. The molecule has 2 unspecified atom stereocenters. The van der Waals surface area contributed by atoms with Gasteiger partial charge in [-0.05, 0) is 31.0 Å². The van der Waals surface area contributed by atoms with Crippen LogP contribution in [0.25, 0.3) is 0 Å². The first-order valence-corrected chi connectivity index (χ1v) is 7.26. The quantitative estimate of drug-likeness (QED) is 0.799. The zero-order valence-corrected chi connectivity index (χ0v) is 12.1. The number of carbonyl (C=O) groups is 1. The summed E-state index contributed by atoms with van der Waals surface area (Å²) < 4.78 is 10.7. The summed E-state index contributed by atoms with van der Waals surface area (Å²) in [6, 6.07) is 7.61. The number of ether oxygens (including phenoxy) is 2. The summed E-state index contributed by atoms with van der Waals surface area (Å²) in [6.45, 7) is 3.65. The van der Waals surface area contributed by atoms with Crippen molar-refractivity contribution in [3.05, 3.63) is 35.4 Å². The molecule has 2 aliphatic heterocycles. The Morgan fingerprint density at radius 1 is 1.48 bits per heavy atom. The second-order valence-corrected chi connectivity index (χ2v) is 5.54. The van der Waals surface area contributed by atoms with Crippen molar-refractivity contribution in [1.82, 2.24) is 0 Å². The number of oxime groups is 1. The van der Waals surface area contributed by atoms with Crippen molar-refractivity contribution in [3.8, 4) is 0 Å². The summed E-state index contributed by atoms with van der Waals surface area (Å²) in [5.41, 5.74) is 2.65. The van der Waals surface area contributed by atoms with Gasteiger partial charge < -0.3 is 14.3 Å². The van der Waals surface area contributed by atoms with Crippen LogP contribution in [-0.2, 0) is 14.3 Å². The second-order valence-electron chi connectivity index (χ2n) is 5.54. The fourth-order valence-electron chi connectivity index (χ4n) is 2.63. The van der Waals surface area contributed by atoms with Gasteiger partial charge in [0.2, 0.25) is 0 Å². The minimum Gasteiger partial charge on any atom is -0.458 e. The fraction of sp³-hybridized carbons (Fsp3) is 0.500. The molecule has 21 heavy (non-hydrogen) atoms. The van der Waals surface area contributed by atoms with E-state index in [1.165, 1.54) is 0 Å². The number of hydrogen-bond acceptors (Lipinski definition) is 5. The minimum absolute atomic E-state index is 0.152. The van der Waals surface area contributed by atoms with Crippen LogP contribution in [0, 0.1) is 0 Å². The highest BCUT2D eigenvalue weighted by molar-refractivity contribution is 5.89. The third kappa shape index (κ3) is 3.42. The Hall–Kier alpha value is -1.88. The lowest BCUT2D eigenvalue weighted by molar-refractivity contribution is 0.00685. The summed E-state index contributed by atoms with van der Waals surface area (Å²) in [5, 5.41) is 3.85. The number of hydrogen-bond donors (Lipinski definition) is 0. The lowest BCUT2D eigenvalue weighted by Gasteiger charge is -2.11. The number of rotatable bonds is 4. The summed E-state index contributed by atoms with van der Waals surface area (Å²) in [6.07, 6.45) is 1.57. The van der Waals surface area contributed by atoms with Crippen molar-refractivity contribution in [3.63, 3.8) is 0 Å². The van der Waals surface area contributed by atoms with Crippen LogP contribution in [0.4, 0.5) is 0 Å². The fourth-order valence-corrected chi connectivity index (χ4v) is 2.63. The highest BCUT2D eigenvalue weighted by Crippen LogP contribution is 2.25. The molecule has 0 amide bonds. The maximum absolute atomic E-state index is 12.1. The highest BCUT2D eigenvalue weighted by Gasteiger charge is 2.22. The van der Waals surface area contributed by atoms with Crippen LogP contribution < -0.4 is 0 Å². The SMILES string of the molecule is CC1=NOC(COC(=O)c2cccc(C3CCOC3)c2)C1. The van der Waals surface area contributed by atoms with E-state index in [0.717, 1.165) is 30.9 Å². The predicted molar refractivity (Wildman–Crippen MR) is 77.5 cm³/mol. The van der Waals surface area contributed by atoms with E-state index in [2.05, 4.69) is 5.16 Å². The van der Waals surface area contributed by atoms with Crippen LogP contribution >= 0.6 is 0 Å². The summed E-state index contributed by atoms with van der Waals surface area (Å²) in [4.78, 5) is 17.3.